The van der Waals surface area contributed by atoms with E-state index >= 15 is 0 Å². The predicted molar refractivity (Wildman–Crippen MR) is 76.3 cm³/mol. The van der Waals surface area contributed by atoms with Gasteiger partial charge < -0.3 is 20.2 Å². The van der Waals surface area contributed by atoms with E-state index in [1.54, 1.807) is 36.4 Å². The number of hydrogen-bond donors (Lipinski definition) is 2. The van der Waals surface area contributed by atoms with Crippen LogP contribution in [-0.4, -0.2) is 18.9 Å². The molecule has 0 fully saturated rings. The van der Waals surface area contributed by atoms with Crippen LogP contribution in [-0.2, 0) is 4.79 Å². The Bertz CT molecular complexity index is 657. The molecule has 0 bridgehead atoms. The highest BCUT2D eigenvalue weighted by Crippen LogP contribution is 2.12. The van der Waals surface area contributed by atoms with Crippen molar-refractivity contribution in [1.82, 2.24) is 5.32 Å². The van der Waals surface area contributed by atoms with Crippen LogP contribution in [0.4, 0.5) is 0 Å². The summed E-state index contributed by atoms with van der Waals surface area (Å²) < 4.78 is 10.1. The molecular formula is C15H14N2O4. The van der Waals surface area contributed by atoms with Crippen LogP contribution in [0.2, 0.25) is 0 Å². The van der Waals surface area contributed by atoms with Gasteiger partial charge in [0.05, 0.1) is 13.4 Å². The number of primary amides is 1. The number of rotatable bonds is 5. The van der Waals surface area contributed by atoms with E-state index in [0.29, 0.717) is 17.1 Å². The van der Waals surface area contributed by atoms with Gasteiger partial charge >= 0.3 is 0 Å². The lowest BCUT2D eigenvalue weighted by molar-refractivity contribution is -0.114. The Balaban J connectivity index is 2.16. The lowest BCUT2D eigenvalue weighted by Gasteiger charge is -2.07. The standard InChI is InChI=1S/C15H14N2O4/c1-20-11-6-4-10(5-7-11)15(19)17-13(14(16)18)9-12-3-2-8-21-12/h2-9H,1H3,(H2,16,18)(H,17,19)/b13-9-. The van der Waals surface area contributed by atoms with Crippen LogP contribution in [0.15, 0.2) is 52.8 Å². The van der Waals surface area contributed by atoms with Crippen molar-refractivity contribution in [1.29, 1.82) is 0 Å². The van der Waals surface area contributed by atoms with E-state index < -0.39 is 11.8 Å². The number of furan rings is 1. The number of amides is 2. The predicted octanol–water partition coefficient (Wildman–Crippen LogP) is 1.54. The molecule has 21 heavy (non-hydrogen) atoms. The minimum atomic E-state index is -0.756. The van der Waals surface area contributed by atoms with Gasteiger partial charge in [-0.1, -0.05) is 0 Å². The van der Waals surface area contributed by atoms with Gasteiger partial charge in [0.1, 0.15) is 17.2 Å². The molecule has 1 aromatic heterocycles. The lowest BCUT2D eigenvalue weighted by Crippen LogP contribution is -2.31. The first-order valence-electron chi connectivity index (χ1n) is 6.10. The minimum Gasteiger partial charge on any atom is -0.497 e. The van der Waals surface area contributed by atoms with Crippen molar-refractivity contribution in [2.75, 3.05) is 7.11 Å². The summed E-state index contributed by atoms with van der Waals surface area (Å²) in [5.74, 6) is -0.158. The van der Waals surface area contributed by atoms with Crippen molar-refractivity contribution in [3.05, 3.63) is 59.7 Å². The van der Waals surface area contributed by atoms with Crippen LogP contribution in [0.3, 0.4) is 0 Å². The van der Waals surface area contributed by atoms with Crippen LogP contribution in [0.1, 0.15) is 16.1 Å². The third-order valence-electron chi connectivity index (χ3n) is 2.70. The molecule has 0 radical (unpaired) electrons. The van der Waals surface area contributed by atoms with Crippen molar-refractivity contribution in [2.24, 2.45) is 5.73 Å². The molecule has 1 heterocycles. The van der Waals surface area contributed by atoms with Crippen LogP contribution in [0.5, 0.6) is 5.75 Å². The van der Waals surface area contributed by atoms with Crippen LogP contribution >= 0.6 is 0 Å². The Labute approximate surface area is 121 Å². The first-order valence-corrected chi connectivity index (χ1v) is 6.10. The van der Waals surface area contributed by atoms with Gasteiger partial charge in [-0.05, 0) is 36.4 Å². The van der Waals surface area contributed by atoms with Crippen molar-refractivity contribution in [2.45, 2.75) is 0 Å². The number of benzene rings is 1. The van der Waals surface area contributed by atoms with E-state index in [-0.39, 0.29) is 5.70 Å². The fraction of sp³-hybridized carbons (Fsp3) is 0.0667. The van der Waals surface area contributed by atoms with Gasteiger partial charge in [0.2, 0.25) is 0 Å². The molecule has 6 nitrogen and oxygen atoms in total. The zero-order chi connectivity index (χ0) is 15.2. The summed E-state index contributed by atoms with van der Waals surface area (Å²) in [4.78, 5) is 23.4. The number of nitrogens with two attached hydrogens (primary N) is 1. The molecular weight excluding hydrogens is 272 g/mol. The number of methoxy groups -OCH3 is 1. The Morgan fingerprint density at radius 1 is 1.24 bits per heavy atom. The maximum Gasteiger partial charge on any atom is 0.265 e. The smallest absolute Gasteiger partial charge is 0.265 e. The van der Waals surface area contributed by atoms with Crippen molar-refractivity contribution in [3.63, 3.8) is 0 Å². The van der Waals surface area contributed by atoms with Crippen molar-refractivity contribution < 1.29 is 18.7 Å². The summed E-state index contributed by atoms with van der Waals surface area (Å²) in [7, 11) is 1.53. The molecule has 2 rings (SSSR count). The van der Waals surface area contributed by atoms with Crippen LogP contribution in [0, 0.1) is 0 Å². The molecule has 0 aliphatic rings. The second kappa shape index (κ2) is 6.42. The SMILES string of the molecule is COc1ccc(C(=O)N/C(=C\c2ccco2)C(N)=O)cc1. The highest BCUT2D eigenvalue weighted by Gasteiger charge is 2.12. The largest absolute Gasteiger partial charge is 0.497 e. The summed E-state index contributed by atoms with van der Waals surface area (Å²) in [6.45, 7) is 0. The van der Waals surface area contributed by atoms with E-state index in [9.17, 15) is 9.59 Å². The average molecular weight is 286 g/mol. The molecule has 0 aliphatic carbocycles. The Kier molecular flexibility index (Phi) is 4.40. The molecule has 2 aromatic rings. The Hall–Kier alpha value is -3.02. The average Bonchev–Trinajstić information content (AvgIpc) is 2.99. The second-order valence-corrected chi connectivity index (χ2v) is 4.12. The van der Waals surface area contributed by atoms with E-state index in [0.717, 1.165) is 0 Å². The first kappa shape index (κ1) is 14.4. The zero-order valence-electron chi connectivity index (χ0n) is 11.3. The maximum absolute atomic E-state index is 12.1. The number of carbonyl (C=O) groups is 2. The number of ether oxygens (including phenoxy) is 1. The van der Waals surface area contributed by atoms with E-state index in [1.165, 1.54) is 19.4 Å². The summed E-state index contributed by atoms with van der Waals surface area (Å²) in [5.41, 5.74) is 5.57. The molecule has 0 aliphatic heterocycles. The van der Waals surface area contributed by atoms with Crippen molar-refractivity contribution >= 4 is 17.9 Å². The zero-order valence-corrected chi connectivity index (χ0v) is 11.3. The van der Waals surface area contributed by atoms with E-state index in [2.05, 4.69) is 5.32 Å². The van der Waals surface area contributed by atoms with Gasteiger partial charge in [0, 0.05) is 11.6 Å². The topological polar surface area (TPSA) is 94.6 Å². The summed E-state index contributed by atoms with van der Waals surface area (Å²) in [6, 6.07) is 9.77. The molecule has 2 amide bonds. The maximum atomic E-state index is 12.1. The Morgan fingerprint density at radius 2 is 1.95 bits per heavy atom. The fourth-order valence-electron chi connectivity index (χ4n) is 1.62. The van der Waals surface area contributed by atoms with Gasteiger partial charge in [0.15, 0.2) is 0 Å². The lowest BCUT2D eigenvalue weighted by atomic mass is 10.2. The molecule has 0 spiro atoms. The summed E-state index contributed by atoms with van der Waals surface area (Å²) in [6.07, 6.45) is 2.82. The summed E-state index contributed by atoms with van der Waals surface area (Å²) >= 11 is 0. The second-order valence-electron chi connectivity index (χ2n) is 4.12. The highest BCUT2D eigenvalue weighted by molar-refractivity contribution is 6.04. The third kappa shape index (κ3) is 3.73. The molecule has 3 N–H and O–H groups in total. The molecule has 0 unspecified atom stereocenters. The molecule has 0 atom stereocenters. The Morgan fingerprint density at radius 3 is 2.48 bits per heavy atom. The number of hydrogen-bond acceptors (Lipinski definition) is 4. The van der Waals surface area contributed by atoms with Gasteiger partial charge in [-0.3, -0.25) is 9.59 Å². The number of nitrogens with one attached hydrogen (secondary N) is 1. The first-order chi connectivity index (χ1) is 10.1. The third-order valence-corrected chi connectivity index (χ3v) is 2.70. The van der Waals surface area contributed by atoms with E-state index in [4.69, 9.17) is 14.9 Å². The number of carbonyl (C=O) groups excluding carboxylic acids is 2. The van der Waals surface area contributed by atoms with Crippen LogP contribution < -0.4 is 15.8 Å². The molecule has 0 saturated carbocycles. The van der Waals surface area contributed by atoms with Gasteiger partial charge in [-0.2, -0.15) is 0 Å². The fourth-order valence-corrected chi connectivity index (χ4v) is 1.62. The monoisotopic (exact) mass is 286 g/mol. The highest BCUT2D eigenvalue weighted by atomic mass is 16.5. The molecule has 108 valence electrons. The molecule has 0 saturated heterocycles. The summed E-state index contributed by atoms with van der Waals surface area (Å²) in [5, 5.41) is 2.46. The van der Waals surface area contributed by atoms with Crippen LogP contribution in [0.25, 0.3) is 6.08 Å². The van der Waals surface area contributed by atoms with Gasteiger partial charge in [-0.15, -0.1) is 0 Å². The molecule has 6 heteroatoms. The molecule has 1 aromatic carbocycles. The van der Waals surface area contributed by atoms with Crippen molar-refractivity contribution in [3.8, 4) is 5.75 Å². The van der Waals surface area contributed by atoms with Gasteiger partial charge in [0.25, 0.3) is 11.8 Å². The van der Waals surface area contributed by atoms with E-state index in [1.807, 2.05) is 0 Å². The minimum absolute atomic E-state index is 0.0502. The quantitative estimate of drug-likeness (QED) is 0.815. The normalized spacial score (nSPS) is 11.0. The van der Waals surface area contributed by atoms with Gasteiger partial charge in [-0.25, -0.2) is 0 Å².